The van der Waals surface area contributed by atoms with Crippen LogP contribution >= 0.6 is 0 Å². The molecule has 0 radical (unpaired) electrons. The lowest BCUT2D eigenvalue weighted by atomic mass is 10.1. The molecule has 0 spiro atoms. The SMILES string of the molecule is COC1CCCN(C(=O)C2CCC(CN)O2)C1. The van der Waals surface area contributed by atoms with E-state index in [0.717, 1.165) is 32.2 Å². The molecule has 2 heterocycles. The summed E-state index contributed by atoms with van der Waals surface area (Å²) in [6.07, 6.45) is 3.71. The van der Waals surface area contributed by atoms with Crippen molar-refractivity contribution in [2.24, 2.45) is 5.73 Å². The van der Waals surface area contributed by atoms with Crippen LogP contribution in [0.5, 0.6) is 0 Å². The van der Waals surface area contributed by atoms with E-state index in [9.17, 15) is 4.79 Å². The topological polar surface area (TPSA) is 64.8 Å². The first-order valence-corrected chi connectivity index (χ1v) is 6.41. The Bertz CT molecular complexity index is 272. The lowest BCUT2D eigenvalue weighted by Crippen LogP contribution is -2.47. The van der Waals surface area contributed by atoms with E-state index in [1.165, 1.54) is 0 Å². The Kier molecular flexibility index (Phi) is 4.36. The highest BCUT2D eigenvalue weighted by Crippen LogP contribution is 2.22. The molecular formula is C12H22N2O3. The summed E-state index contributed by atoms with van der Waals surface area (Å²) >= 11 is 0. The predicted molar refractivity (Wildman–Crippen MR) is 63.6 cm³/mol. The summed E-state index contributed by atoms with van der Waals surface area (Å²) < 4.78 is 11.0. The molecule has 0 aromatic heterocycles. The van der Waals surface area contributed by atoms with Gasteiger partial charge in [0.15, 0.2) is 0 Å². The Morgan fingerprint density at radius 3 is 2.94 bits per heavy atom. The van der Waals surface area contributed by atoms with Crippen molar-refractivity contribution in [2.75, 3.05) is 26.7 Å². The lowest BCUT2D eigenvalue weighted by Gasteiger charge is -2.33. The van der Waals surface area contributed by atoms with Gasteiger partial charge in [0.25, 0.3) is 5.91 Å². The van der Waals surface area contributed by atoms with Gasteiger partial charge >= 0.3 is 0 Å². The lowest BCUT2D eigenvalue weighted by molar-refractivity contribution is -0.146. The average molecular weight is 242 g/mol. The van der Waals surface area contributed by atoms with Crippen molar-refractivity contribution in [3.63, 3.8) is 0 Å². The molecule has 2 rings (SSSR count). The third-order valence-electron chi connectivity index (χ3n) is 3.67. The summed E-state index contributed by atoms with van der Waals surface area (Å²) in [5, 5.41) is 0. The summed E-state index contributed by atoms with van der Waals surface area (Å²) in [6, 6.07) is 0. The van der Waals surface area contributed by atoms with E-state index in [4.69, 9.17) is 15.2 Å². The first kappa shape index (κ1) is 12.8. The summed E-state index contributed by atoms with van der Waals surface area (Å²) in [4.78, 5) is 14.1. The van der Waals surface area contributed by atoms with Crippen LogP contribution in [-0.4, -0.2) is 55.9 Å². The van der Waals surface area contributed by atoms with E-state index in [1.807, 2.05) is 4.90 Å². The van der Waals surface area contributed by atoms with Crippen LogP contribution in [0.2, 0.25) is 0 Å². The molecule has 98 valence electrons. The number of carbonyl (C=O) groups is 1. The maximum atomic E-state index is 12.2. The van der Waals surface area contributed by atoms with Crippen LogP contribution in [0.15, 0.2) is 0 Å². The number of nitrogens with two attached hydrogens (primary N) is 1. The number of carbonyl (C=O) groups excluding carboxylic acids is 1. The fraction of sp³-hybridized carbons (Fsp3) is 0.917. The minimum Gasteiger partial charge on any atom is -0.380 e. The van der Waals surface area contributed by atoms with Gasteiger partial charge in [-0.05, 0) is 25.7 Å². The second-order valence-electron chi connectivity index (χ2n) is 4.84. The van der Waals surface area contributed by atoms with Crippen LogP contribution in [0.1, 0.15) is 25.7 Å². The number of methoxy groups -OCH3 is 1. The van der Waals surface area contributed by atoms with Crippen molar-refractivity contribution in [3.8, 4) is 0 Å². The molecule has 1 amide bonds. The number of ether oxygens (including phenoxy) is 2. The molecule has 2 N–H and O–H groups in total. The molecule has 0 saturated carbocycles. The number of rotatable bonds is 3. The van der Waals surface area contributed by atoms with Crippen LogP contribution in [0, 0.1) is 0 Å². The third-order valence-corrected chi connectivity index (χ3v) is 3.67. The number of hydrogen-bond acceptors (Lipinski definition) is 4. The zero-order valence-electron chi connectivity index (χ0n) is 10.4. The minimum absolute atomic E-state index is 0.0620. The quantitative estimate of drug-likeness (QED) is 0.764. The third kappa shape index (κ3) is 2.97. The van der Waals surface area contributed by atoms with Gasteiger partial charge in [0.05, 0.1) is 12.2 Å². The number of likely N-dealkylation sites (tertiary alicyclic amines) is 1. The van der Waals surface area contributed by atoms with Crippen molar-refractivity contribution in [1.82, 2.24) is 4.90 Å². The highest BCUT2D eigenvalue weighted by atomic mass is 16.5. The molecular weight excluding hydrogens is 220 g/mol. The molecule has 17 heavy (non-hydrogen) atoms. The van der Waals surface area contributed by atoms with Gasteiger partial charge in [-0.2, -0.15) is 0 Å². The first-order chi connectivity index (χ1) is 8.24. The molecule has 3 atom stereocenters. The molecule has 5 nitrogen and oxygen atoms in total. The smallest absolute Gasteiger partial charge is 0.251 e. The van der Waals surface area contributed by atoms with Gasteiger partial charge < -0.3 is 20.1 Å². The van der Waals surface area contributed by atoms with E-state index >= 15 is 0 Å². The van der Waals surface area contributed by atoms with Gasteiger partial charge in [0, 0.05) is 26.7 Å². The zero-order valence-corrected chi connectivity index (χ0v) is 10.4. The highest BCUT2D eigenvalue weighted by molar-refractivity contribution is 5.81. The van der Waals surface area contributed by atoms with Crippen LogP contribution in [0.4, 0.5) is 0 Å². The Labute approximate surface area is 102 Å². The molecule has 2 aliphatic heterocycles. The highest BCUT2D eigenvalue weighted by Gasteiger charge is 2.34. The standard InChI is InChI=1S/C12H22N2O3/c1-16-10-3-2-6-14(8-10)12(15)11-5-4-9(7-13)17-11/h9-11H,2-8,13H2,1H3. The van der Waals surface area contributed by atoms with Crippen molar-refractivity contribution in [2.45, 2.75) is 44.0 Å². The van der Waals surface area contributed by atoms with Crippen molar-refractivity contribution >= 4 is 5.91 Å². The number of piperidine rings is 1. The Hall–Kier alpha value is -0.650. The summed E-state index contributed by atoms with van der Waals surface area (Å²) in [6.45, 7) is 2.03. The van der Waals surface area contributed by atoms with Gasteiger partial charge in [0.2, 0.25) is 0 Å². The Morgan fingerprint density at radius 1 is 1.47 bits per heavy atom. The average Bonchev–Trinajstić information content (AvgIpc) is 2.86. The maximum absolute atomic E-state index is 12.2. The van der Waals surface area contributed by atoms with Crippen LogP contribution in [0.3, 0.4) is 0 Å². The summed E-state index contributed by atoms with van der Waals surface area (Å²) in [5.74, 6) is 0.114. The Balaban J connectivity index is 1.87. The second-order valence-corrected chi connectivity index (χ2v) is 4.84. The largest absolute Gasteiger partial charge is 0.380 e. The monoisotopic (exact) mass is 242 g/mol. The molecule has 5 heteroatoms. The molecule has 0 aromatic rings. The predicted octanol–water partition coefficient (Wildman–Crippen LogP) is 0.130. The van der Waals surface area contributed by atoms with Crippen molar-refractivity contribution in [3.05, 3.63) is 0 Å². The molecule has 0 aromatic carbocycles. The molecule has 2 fully saturated rings. The molecule has 0 aliphatic carbocycles. The summed E-state index contributed by atoms with van der Waals surface area (Å²) in [5.41, 5.74) is 5.55. The number of hydrogen-bond donors (Lipinski definition) is 1. The number of nitrogens with zero attached hydrogens (tertiary/aromatic N) is 1. The minimum atomic E-state index is -0.279. The van der Waals surface area contributed by atoms with Gasteiger partial charge in [-0.25, -0.2) is 0 Å². The van der Waals surface area contributed by atoms with Crippen LogP contribution in [-0.2, 0) is 14.3 Å². The van der Waals surface area contributed by atoms with Crippen LogP contribution in [0.25, 0.3) is 0 Å². The van der Waals surface area contributed by atoms with E-state index in [1.54, 1.807) is 7.11 Å². The fourth-order valence-electron chi connectivity index (χ4n) is 2.60. The molecule has 3 unspecified atom stereocenters. The van der Waals surface area contributed by atoms with Crippen molar-refractivity contribution in [1.29, 1.82) is 0 Å². The van der Waals surface area contributed by atoms with E-state index in [-0.39, 0.29) is 24.2 Å². The number of amides is 1. The van der Waals surface area contributed by atoms with Crippen molar-refractivity contribution < 1.29 is 14.3 Å². The summed E-state index contributed by atoms with van der Waals surface area (Å²) in [7, 11) is 1.70. The molecule has 2 saturated heterocycles. The normalized spacial score (nSPS) is 34.0. The molecule has 0 bridgehead atoms. The van der Waals surface area contributed by atoms with E-state index < -0.39 is 0 Å². The van der Waals surface area contributed by atoms with Crippen LogP contribution < -0.4 is 5.73 Å². The van der Waals surface area contributed by atoms with Gasteiger partial charge in [-0.15, -0.1) is 0 Å². The van der Waals surface area contributed by atoms with E-state index in [0.29, 0.717) is 13.1 Å². The van der Waals surface area contributed by atoms with Gasteiger partial charge in [-0.1, -0.05) is 0 Å². The van der Waals surface area contributed by atoms with E-state index in [2.05, 4.69) is 0 Å². The zero-order chi connectivity index (χ0) is 12.3. The first-order valence-electron chi connectivity index (χ1n) is 6.41. The maximum Gasteiger partial charge on any atom is 0.251 e. The second kappa shape index (κ2) is 5.80. The molecule has 2 aliphatic rings. The Morgan fingerprint density at radius 2 is 2.29 bits per heavy atom. The fourth-order valence-corrected chi connectivity index (χ4v) is 2.60. The van der Waals surface area contributed by atoms with Gasteiger partial charge in [0.1, 0.15) is 6.10 Å². The van der Waals surface area contributed by atoms with Gasteiger partial charge in [-0.3, -0.25) is 4.79 Å².